The fourth-order valence-corrected chi connectivity index (χ4v) is 4.79. The molecule has 0 spiro atoms. The fraction of sp³-hybridized carbons (Fsp3) is 0.409. The van der Waals surface area contributed by atoms with E-state index < -0.39 is 5.82 Å². The summed E-state index contributed by atoms with van der Waals surface area (Å²) in [4.78, 5) is 21.9. The summed E-state index contributed by atoms with van der Waals surface area (Å²) >= 11 is 0. The van der Waals surface area contributed by atoms with Gasteiger partial charge < -0.3 is 20.3 Å². The largest absolute Gasteiger partial charge is 0.481 e. The first-order valence-electron chi connectivity index (χ1n) is 10.8. The number of aromatic nitrogens is 5. The van der Waals surface area contributed by atoms with E-state index in [1.54, 1.807) is 36.9 Å². The fourth-order valence-electron chi connectivity index (χ4n) is 4.79. The van der Waals surface area contributed by atoms with Crippen molar-refractivity contribution in [3.05, 3.63) is 40.8 Å². The molecule has 2 N–H and O–H groups in total. The van der Waals surface area contributed by atoms with Gasteiger partial charge in [-0.1, -0.05) is 0 Å². The van der Waals surface area contributed by atoms with Crippen molar-refractivity contribution in [1.82, 2.24) is 29.9 Å². The molecular weight excluding hydrogens is 427 g/mol. The van der Waals surface area contributed by atoms with Gasteiger partial charge in [0.15, 0.2) is 17.5 Å². The zero-order chi connectivity index (χ0) is 23.3. The molecule has 4 heterocycles. The minimum Gasteiger partial charge on any atom is -0.481 e. The van der Waals surface area contributed by atoms with Gasteiger partial charge in [-0.15, -0.1) is 10.2 Å². The van der Waals surface area contributed by atoms with Crippen LogP contribution in [-0.4, -0.2) is 56.5 Å². The van der Waals surface area contributed by atoms with Gasteiger partial charge in [-0.2, -0.15) is 5.10 Å². The van der Waals surface area contributed by atoms with Crippen molar-refractivity contribution in [2.45, 2.75) is 31.8 Å². The van der Waals surface area contributed by atoms with Crippen LogP contribution >= 0.6 is 0 Å². The molecule has 1 amide bonds. The zero-order valence-electron chi connectivity index (χ0n) is 18.7. The van der Waals surface area contributed by atoms with E-state index in [0.717, 1.165) is 19.3 Å². The number of fused-ring (bicyclic) bond motifs is 8. The Bertz CT molecular complexity index is 1240. The predicted molar refractivity (Wildman–Crippen MR) is 119 cm³/mol. The number of nitrogens with zero attached hydrogens (tertiary/aromatic N) is 7. The van der Waals surface area contributed by atoms with E-state index in [1.165, 1.54) is 12.1 Å². The van der Waals surface area contributed by atoms with Crippen LogP contribution in [0, 0.1) is 5.82 Å². The minimum absolute atomic E-state index is 0.175. The summed E-state index contributed by atoms with van der Waals surface area (Å²) in [5, 5.41) is 13.0. The Kier molecular flexibility index (Phi) is 5.10. The second kappa shape index (κ2) is 7.98. The number of benzene rings is 1. The molecule has 33 heavy (non-hydrogen) atoms. The number of nitrogens with two attached hydrogens (primary N) is 1. The van der Waals surface area contributed by atoms with Crippen molar-refractivity contribution < 1.29 is 13.9 Å². The third kappa shape index (κ3) is 3.43. The van der Waals surface area contributed by atoms with Gasteiger partial charge in [-0.25, -0.2) is 14.1 Å². The highest BCUT2D eigenvalue weighted by Crippen LogP contribution is 2.40. The highest BCUT2D eigenvalue weighted by molar-refractivity contribution is 5.96. The van der Waals surface area contributed by atoms with Crippen LogP contribution in [0.1, 0.15) is 46.9 Å². The van der Waals surface area contributed by atoms with Crippen LogP contribution in [0.3, 0.4) is 0 Å². The molecule has 1 saturated heterocycles. The molecule has 0 saturated carbocycles. The first-order valence-corrected chi connectivity index (χ1v) is 10.8. The summed E-state index contributed by atoms with van der Waals surface area (Å²) in [6, 6.07) is 4.03. The lowest BCUT2D eigenvalue weighted by Crippen LogP contribution is -2.37. The van der Waals surface area contributed by atoms with Crippen molar-refractivity contribution in [3.8, 4) is 17.3 Å². The Hall–Kier alpha value is -3.76. The monoisotopic (exact) mass is 452 g/mol. The molecule has 5 rings (SSSR count). The van der Waals surface area contributed by atoms with E-state index in [1.807, 2.05) is 4.90 Å². The molecule has 0 unspecified atom stereocenters. The third-order valence-corrected chi connectivity index (χ3v) is 6.29. The average Bonchev–Trinajstić information content (AvgIpc) is 3.12. The number of nitrogen functional groups attached to an aromatic ring is 1. The molecular formula is C22H25FN8O2. The van der Waals surface area contributed by atoms with Crippen molar-refractivity contribution in [2.75, 3.05) is 31.3 Å². The number of carbonyl (C=O) groups is 1. The van der Waals surface area contributed by atoms with Gasteiger partial charge in [0.2, 0.25) is 5.88 Å². The maximum Gasteiger partial charge on any atom is 0.254 e. The minimum atomic E-state index is -0.395. The Morgan fingerprint density at radius 1 is 1.21 bits per heavy atom. The van der Waals surface area contributed by atoms with Crippen molar-refractivity contribution in [1.29, 1.82) is 0 Å². The van der Waals surface area contributed by atoms with E-state index >= 15 is 0 Å². The van der Waals surface area contributed by atoms with Gasteiger partial charge in [-0.3, -0.25) is 4.79 Å². The predicted octanol–water partition coefficient (Wildman–Crippen LogP) is 2.32. The summed E-state index contributed by atoms with van der Waals surface area (Å²) in [5.74, 6) is 0.782. The molecule has 2 aliphatic rings. The molecule has 11 heteroatoms. The third-order valence-electron chi connectivity index (χ3n) is 6.29. The number of ether oxygens (including phenoxy) is 1. The summed E-state index contributed by atoms with van der Waals surface area (Å²) in [5.41, 5.74) is 8.41. The SMILES string of the molecule is COc1c2c(nn1C)CN(C)C(=O)c1ccc(F)cc1[C@H]1CCCCN1c1nc-2nnc1N. The van der Waals surface area contributed by atoms with Gasteiger partial charge >= 0.3 is 0 Å². The van der Waals surface area contributed by atoms with Gasteiger partial charge in [0.05, 0.1) is 25.4 Å². The van der Waals surface area contributed by atoms with Crippen LogP contribution in [-0.2, 0) is 13.6 Å². The highest BCUT2D eigenvalue weighted by Gasteiger charge is 2.34. The second-order valence-corrected chi connectivity index (χ2v) is 8.40. The summed E-state index contributed by atoms with van der Waals surface area (Å²) in [7, 11) is 4.98. The number of halogens is 1. The van der Waals surface area contributed by atoms with Crippen LogP contribution in [0.25, 0.3) is 11.4 Å². The lowest BCUT2D eigenvalue weighted by Gasteiger charge is -2.38. The van der Waals surface area contributed by atoms with Crippen LogP contribution in [0.5, 0.6) is 5.88 Å². The van der Waals surface area contributed by atoms with Crippen LogP contribution in [0.2, 0.25) is 0 Å². The van der Waals surface area contributed by atoms with Crippen molar-refractivity contribution >= 4 is 17.5 Å². The number of piperidine rings is 1. The molecule has 1 fully saturated rings. The van der Waals surface area contributed by atoms with Gasteiger partial charge in [0.1, 0.15) is 11.4 Å². The Balaban J connectivity index is 1.80. The Labute approximate surface area is 190 Å². The number of rotatable bonds is 1. The lowest BCUT2D eigenvalue weighted by atomic mass is 9.91. The summed E-state index contributed by atoms with van der Waals surface area (Å²) < 4.78 is 21.5. The quantitative estimate of drug-likeness (QED) is 0.598. The Morgan fingerprint density at radius 2 is 2.03 bits per heavy atom. The topological polar surface area (TPSA) is 115 Å². The molecule has 2 aliphatic heterocycles. The van der Waals surface area contributed by atoms with E-state index in [2.05, 4.69) is 15.3 Å². The molecule has 1 aromatic carbocycles. The smallest absolute Gasteiger partial charge is 0.254 e. The molecule has 3 aromatic rings. The van der Waals surface area contributed by atoms with Crippen LogP contribution in [0.15, 0.2) is 18.2 Å². The number of carbonyl (C=O) groups excluding carboxylic acids is 1. The number of aryl methyl sites for hydroxylation is 1. The van der Waals surface area contributed by atoms with Gasteiger partial charge in [-0.05, 0) is 43.0 Å². The molecule has 172 valence electrons. The maximum atomic E-state index is 14.4. The summed E-state index contributed by atoms with van der Waals surface area (Å²) in [6.45, 7) is 0.823. The van der Waals surface area contributed by atoms with Gasteiger partial charge in [0.25, 0.3) is 5.91 Å². The van der Waals surface area contributed by atoms with Gasteiger partial charge in [0, 0.05) is 26.2 Å². The second-order valence-electron chi connectivity index (χ2n) is 8.40. The normalized spacial score (nSPS) is 18.1. The molecule has 2 aromatic heterocycles. The van der Waals surface area contributed by atoms with E-state index in [4.69, 9.17) is 15.5 Å². The Morgan fingerprint density at radius 3 is 2.82 bits per heavy atom. The van der Waals surface area contributed by atoms with Crippen molar-refractivity contribution in [3.63, 3.8) is 0 Å². The number of hydrogen-bond donors (Lipinski definition) is 1. The number of anilines is 2. The number of methoxy groups -OCH3 is 1. The molecule has 0 radical (unpaired) electrons. The summed E-state index contributed by atoms with van der Waals surface area (Å²) in [6.07, 6.45) is 2.58. The molecule has 2 bridgehead atoms. The van der Waals surface area contributed by atoms with Crippen LogP contribution < -0.4 is 15.4 Å². The van der Waals surface area contributed by atoms with E-state index in [0.29, 0.717) is 46.5 Å². The number of hydrogen-bond acceptors (Lipinski definition) is 8. The first-order chi connectivity index (χ1) is 15.9. The standard InChI is InChI=1S/C22H25FN8O2/c1-29-11-15-17(22(33-3)30(2)28-15)19-25-20(18(24)26-27-19)31-9-5-4-6-16(31)14-10-12(23)7-8-13(14)21(29)32/h7-8,10,16H,4-6,9,11H2,1-3H3,(H2,24,26)/t16-/m1/s1. The first kappa shape index (κ1) is 21.1. The highest BCUT2D eigenvalue weighted by atomic mass is 19.1. The lowest BCUT2D eigenvalue weighted by molar-refractivity contribution is 0.0781. The molecule has 0 aliphatic carbocycles. The zero-order valence-corrected chi connectivity index (χ0v) is 18.7. The van der Waals surface area contributed by atoms with E-state index in [9.17, 15) is 9.18 Å². The molecule has 10 nitrogen and oxygen atoms in total. The maximum absolute atomic E-state index is 14.4. The average molecular weight is 452 g/mol. The van der Waals surface area contributed by atoms with Crippen molar-refractivity contribution in [2.24, 2.45) is 7.05 Å². The van der Waals surface area contributed by atoms with Crippen LogP contribution in [0.4, 0.5) is 16.0 Å². The number of amides is 1. The molecule has 1 atom stereocenters. The van der Waals surface area contributed by atoms with E-state index in [-0.39, 0.29) is 24.3 Å².